The zero-order chi connectivity index (χ0) is 21.6. The van der Waals surface area contributed by atoms with E-state index >= 15 is 0 Å². The van der Waals surface area contributed by atoms with Crippen molar-refractivity contribution in [2.24, 2.45) is 0 Å². The highest BCUT2D eigenvalue weighted by Crippen LogP contribution is 2.20. The lowest BCUT2D eigenvalue weighted by Gasteiger charge is -2.05. The van der Waals surface area contributed by atoms with Crippen LogP contribution in [0.1, 0.15) is 27.2 Å². The Bertz CT molecular complexity index is 1160. The second-order valence-corrected chi connectivity index (χ2v) is 7.12. The van der Waals surface area contributed by atoms with E-state index in [0.29, 0.717) is 19.6 Å². The van der Waals surface area contributed by atoms with Gasteiger partial charge in [-0.15, -0.1) is 0 Å². The monoisotopic (exact) mass is 416 g/mol. The van der Waals surface area contributed by atoms with Crippen LogP contribution in [0, 0.1) is 5.82 Å². The minimum Gasteiger partial charge on any atom is -0.478 e. The smallest absolute Gasteiger partial charge is 0.335 e. The Morgan fingerprint density at radius 2 is 1.55 bits per heavy atom. The van der Waals surface area contributed by atoms with Crippen LogP contribution < -0.4 is 5.32 Å². The molecule has 4 rings (SSSR count). The molecule has 0 saturated heterocycles. The quantitative estimate of drug-likeness (QED) is 0.452. The largest absolute Gasteiger partial charge is 0.478 e. The fourth-order valence-electron chi connectivity index (χ4n) is 3.24. The summed E-state index contributed by atoms with van der Waals surface area (Å²) in [7, 11) is 0. The normalized spacial score (nSPS) is 10.9. The highest BCUT2D eigenvalue weighted by Gasteiger charge is 2.13. The Hall–Kier alpha value is -3.84. The fourth-order valence-corrected chi connectivity index (χ4v) is 3.24. The van der Waals surface area contributed by atoms with Gasteiger partial charge in [-0.25, -0.2) is 9.18 Å². The number of benzene rings is 3. The van der Waals surface area contributed by atoms with Crippen molar-refractivity contribution in [2.75, 3.05) is 0 Å². The van der Waals surface area contributed by atoms with Crippen molar-refractivity contribution in [3.63, 3.8) is 0 Å². The van der Waals surface area contributed by atoms with Gasteiger partial charge in [0.15, 0.2) is 0 Å². The van der Waals surface area contributed by atoms with Crippen molar-refractivity contribution >= 4 is 5.97 Å². The van der Waals surface area contributed by atoms with Crippen LogP contribution in [0.25, 0.3) is 11.3 Å². The van der Waals surface area contributed by atoms with Gasteiger partial charge in [0.05, 0.1) is 12.1 Å². The van der Waals surface area contributed by atoms with E-state index in [2.05, 4.69) is 15.5 Å². The van der Waals surface area contributed by atoms with E-state index in [1.165, 1.54) is 12.1 Å². The molecule has 1 aromatic heterocycles. The maximum Gasteiger partial charge on any atom is 0.335 e. The molecule has 0 bridgehead atoms. The molecule has 0 aliphatic carbocycles. The first-order valence-electron chi connectivity index (χ1n) is 9.85. The van der Waals surface area contributed by atoms with Crippen molar-refractivity contribution in [1.29, 1.82) is 0 Å². The van der Waals surface area contributed by atoms with Crippen LogP contribution in [0.5, 0.6) is 0 Å². The van der Waals surface area contributed by atoms with E-state index in [-0.39, 0.29) is 11.4 Å². The molecule has 0 radical (unpaired) electrons. The zero-order valence-corrected chi connectivity index (χ0v) is 16.7. The first-order valence-corrected chi connectivity index (χ1v) is 9.85. The van der Waals surface area contributed by atoms with Gasteiger partial charge in [-0.2, -0.15) is 15.0 Å². The summed E-state index contributed by atoms with van der Waals surface area (Å²) in [6.45, 7) is 1.50. The lowest BCUT2D eigenvalue weighted by atomic mass is 10.1. The highest BCUT2D eigenvalue weighted by molar-refractivity contribution is 5.87. The third kappa shape index (κ3) is 5.21. The van der Waals surface area contributed by atoms with Crippen LogP contribution in [0.4, 0.5) is 4.39 Å². The van der Waals surface area contributed by atoms with Gasteiger partial charge in [-0.05, 0) is 35.4 Å². The zero-order valence-electron chi connectivity index (χ0n) is 16.7. The molecule has 0 unspecified atom stereocenters. The molecule has 0 spiro atoms. The highest BCUT2D eigenvalue weighted by atomic mass is 19.1. The third-order valence-electron chi connectivity index (χ3n) is 4.83. The summed E-state index contributed by atoms with van der Waals surface area (Å²) >= 11 is 0. The van der Waals surface area contributed by atoms with Crippen molar-refractivity contribution in [1.82, 2.24) is 20.3 Å². The molecule has 4 aromatic rings. The number of hydrogen-bond acceptors (Lipinski definition) is 4. The summed E-state index contributed by atoms with van der Waals surface area (Å²) in [4.78, 5) is 12.6. The summed E-state index contributed by atoms with van der Waals surface area (Å²) < 4.78 is 13.2. The maximum atomic E-state index is 13.2. The third-order valence-corrected chi connectivity index (χ3v) is 4.83. The molecule has 0 saturated carbocycles. The van der Waals surface area contributed by atoms with Gasteiger partial charge in [0.2, 0.25) is 0 Å². The number of nitrogens with one attached hydrogen (secondary N) is 1. The minimum absolute atomic E-state index is 0.263. The van der Waals surface area contributed by atoms with Crippen LogP contribution in [-0.2, 0) is 19.6 Å². The summed E-state index contributed by atoms with van der Waals surface area (Å²) in [6.07, 6.45) is 0. The van der Waals surface area contributed by atoms with Gasteiger partial charge in [0.25, 0.3) is 0 Å². The second-order valence-electron chi connectivity index (χ2n) is 7.12. The molecule has 0 aliphatic heterocycles. The van der Waals surface area contributed by atoms with Crippen molar-refractivity contribution < 1.29 is 14.3 Å². The number of rotatable bonds is 8. The van der Waals surface area contributed by atoms with E-state index in [1.54, 1.807) is 41.2 Å². The lowest BCUT2D eigenvalue weighted by molar-refractivity contribution is 0.0697. The van der Waals surface area contributed by atoms with E-state index in [1.807, 2.05) is 30.3 Å². The predicted octanol–water partition coefficient (Wildman–Crippen LogP) is 4.12. The number of carboxylic acids is 1. The number of nitrogens with zero attached hydrogens (tertiary/aromatic N) is 3. The van der Waals surface area contributed by atoms with Crippen LogP contribution in [0.15, 0.2) is 78.9 Å². The van der Waals surface area contributed by atoms with Crippen molar-refractivity contribution in [3.05, 3.63) is 107 Å². The van der Waals surface area contributed by atoms with Crippen LogP contribution in [-0.4, -0.2) is 26.1 Å². The Labute approximate surface area is 179 Å². The van der Waals surface area contributed by atoms with Crippen LogP contribution in [0.3, 0.4) is 0 Å². The molecule has 0 atom stereocenters. The Kier molecular flexibility index (Phi) is 6.14. The van der Waals surface area contributed by atoms with Crippen LogP contribution in [0.2, 0.25) is 0 Å². The van der Waals surface area contributed by atoms with Crippen LogP contribution >= 0.6 is 0 Å². The maximum absolute atomic E-state index is 13.2. The number of hydrogen-bond donors (Lipinski definition) is 2. The average molecular weight is 416 g/mol. The molecule has 3 aromatic carbocycles. The molecule has 0 amide bonds. The molecule has 7 heteroatoms. The fraction of sp³-hybridized carbons (Fsp3) is 0.125. The van der Waals surface area contributed by atoms with E-state index < -0.39 is 5.97 Å². The Morgan fingerprint density at radius 1 is 0.871 bits per heavy atom. The van der Waals surface area contributed by atoms with Crippen molar-refractivity contribution in [2.45, 2.75) is 19.6 Å². The van der Waals surface area contributed by atoms with Gasteiger partial charge < -0.3 is 10.4 Å². The number of carboxylic acid groups (broad SMARTS) is 1. The van der Waals surface area contributed by atoms with Gasteiger partial charge in [-0.1, -0.05) is 54.6 Å². The Morgan fingerprint density at radius 3 is 2.23 bits per heavy atom. The molecule has 31 heavy (non-hydrogen) atoms. The number of aromatic carboxylic acids is 1. The molecular weight excluding hydrogens is 395 g/mol. The molecule has 6 nitrogen and oxygen atoms in total. The second kappa shape index (κ2) is 9.32. The number of aromatic nitrogens is 3. The summed E-state index contributed by atoms with van der Waals surface area (Å²) in [5.74, 6) is -1.21. The van der Waals surface area contributed by atoms with Gasteiger partial charge in [0.1, 0.15) is 17.2 Å². The predicted molar refractivity (Wildman–Crippen MR) is 115 cm³/mol. The van der Waals surface area contributed by atoms with E-state index in [9.17, 15) is 9.18 Å². The molecule has 0 aliphatic rings. The average Bonchev–Trinajstić information content (AvgIpc) is 3.19. The van der Waals surface area contributed by atoms with Gasteiger partial charge in [0, 0.05) is 18.7 Å². The molecular formula is C24H21FN4O2. The topological polar surface area (TPSA) is 80.0 Å². The molecule has 0 fully saturated rings. The molecule has 156 valence electrons. The van der Waals surface area contributed by atoms with E-state index in [0.717, 1.165) is 28.1 Å². The summed E-state index contributed by atoms with van der Waals surface area (Å²) in [5.41, 5.74) is 4.71. The van der Waals surface area contributed by atoms with E-state index in [4.69, 9.17) is 5.11 Å². The first kappa shape index (κ1) is 20.4. The lowest BCUT2D eigenvalue weighted by Crippen LogP contribution is -2.14. The Balaban J connectivity index is 1.50. The minimum atomic E-state index is -0.940. The van der Waals surface area contributed by atoms with Gasteiger partial charge >= 0.3 is 5.97 Å². The van der Waals surface area contributed by atoms with Crippen molar-refractivity contribution in [3.8, 4) is 11.3 Å². The summed E-state index contributed by atoms with van der Waals surface area (Å²) in [6, 6.07) is 22.9. The SMILES string of the molecule is O=C(O)c1ccc(CNCc2nn(Cc3ccc(F)cc3)nc2-c2ccccc2)cc1. The van der Waals surface area contributed by atoms with Gasteiger partial charge in [-0.3, -0.25) is 0 Å². The number of carbonyl (C=O) groups is 1. The standard InChI is InChI=1S/C24H21FN4O2/c25-21-12-8-18(9-13-21)16-29-27-22(23(28-29)19-4-2-1-3-5-19)15-26-14-17-6-10-20(11-7-17)24(30)31/h1-13,26H,14-16H2,(H,30,31). The number of halogens is 1. The molecule has 2 N–H and O–H groups in total. The first-order chi connectivity index (χ1) is 15.1. The molecule has 1 heterocycles. The summed E-state index contributed by atoms with van der Waals surface area (Å²) in [5, 5.41) is 21.7.